The van der Waals surface area contributed by atoms with Gasteiger partial charge >= 0.3 is 0 Å². The Morgan fingerprint density at radius 1 is 1.64 bits per heavy atom. The lowest BCUT2D eigenvalue weighted by Crippen LogP contribution is -2.44. The molecule has 4 heteroatoms. The number of ether oxygens (including phenoxy) is 1. The first-order valence-corrected chi connectivity index (χ1v) is 6.63. The molecule has 0 aromatic heterocycles. The molecule has 1 saturated heterocycles. The van der Waals surface area contributed by atoms with E-state index in [9.17, 15) is 0 Å². The van der Waals surface area contributed by atoms with Crippen molar-refractivity contribution >= 4 is 27.5 Å². The summed E-state index contributed by atoms with van der Waals surface area (Å²) in [5, 5.41) is 2.80. The molecule has 1 aliphatic heterocycles. The topological polar surface area (TPSA) is 21.3 Å². The first-order chi connectivity index (χ1) is 6.66. The van der Waals surface area contributed by atoms with Crippen LogP contribution in [0.4, 0.5) is 0 Å². The maximum atomic E-state index is 6.31. The zero-order valence-corrected chi connectivity index (χ0v) is 11.0. The summed E-state index contributed by atoms with van der Waals surface area (Å²) in [6.45, 7) is 4.71. The lowest BCUT2D eigenvalue weighted by atomic mass is 10.1. The molecule has 0 saturated carbocycles. The molecule has 2 nitrogen and oxygen atoms in total. The number of hydrogen-bond donors (Lipinski definition) is 1. The predicted octanol–water partition coefficient (Wildman–Crippen LogP) is 2.89. The fourth-order valence-corrected chi connectivity index (χ4v) is 2.48. The van der Waals surface area contributed by atoms with Gasteiger partial charge in [0.2, 0.25) is 0 Å². The molecule has 84 valence electrons. The van der Waals surface area contributed by atoms with Crippen LogP contribution in [0.15, 0.2) is 0 Å². The van der Waals surface area contributed by atoms with Crippen molar-refractivity contribution in [2.45, 2.75) is 42.5 Å². The van der Waals surface area contributed by atoms with Crippen LogP contribution >= 0.6 is 27.5 Å². The van der Waals surface area contributed by atoms with Crippen molar-refractivity contribution in [3.8, 4) is 0 Å². The third-order valence-electron chi connectivity index (χ3n) is 2.42. The number of hydrogen-bond acceptors (Lipinski definition) is 2. The molecule has 1 fully saturated rings. The van der Waals surface area contributed by atoms with Gasteiger partial charge in [-0.25, -0.2) is 0 Å². The van der Waals surface area contributed by atoms with Crippen molar-refractivity contribution in [3.05, 3.63) is 0 Å². The average Bonchev–Trinajstić information content (AvgIpc) is 2.17. The van der Waals surface area contributed by atoms with Crippen LogP contribution in [-0.4, -0.2) is 29.6 Å². The summed E-state index contributed by atoms with van der Waals surface area (Å²) in [4.78, 5) is 0.435. The number of nitrogens with one attached hydrogen (secondary N) is 1. The van der Waals surface area contributed by atoms with Crippen LogP contribution in [0.1, 0.15) is 32.6 Å². The van der Waals surface area contributed by atoms with E-state index in [2.05, 4.69) is 28.2 Å². The van der Waals surface area contributed by atoms with E-state index in [1.807, 2.05) is 0 Å². The summed E-state index contributed by atoms with van der Waals surface area (Å²) < 4.78 is 5.74. The van der Waals surface area contributed by atoms with E-state index in [0.717, 1.165) is 32.4 Å². The summed E-state index contributed by atoms with van der Waals surface area (Å²) >= 11 is 9.90. The Balaban J connectivity index is 2.21. The molecule has 1 N–H and O–H groups in total. The molecule has 1 unspecified atom stereocenters. The minimum absolute atomic E-state index is 0.435. The molecule has 0 bridgehead atoms. The highest BCUT2D eigenvalue weighted by molar-refractivity contribution is 9.09. The molecule has 0 amide bonds. The van der Waals surface area contributed by atoms with Crippen LogP contribution in [0.5, 0.6) is 0 Å². The minimum Gasteiger partial charge on any atom is -0.357 e. The predicted molar refractivity (Wildman–Crippen MR) is 64.3 cm³/mol. The molecule has 0 spiro atoms. The second-order valence-corrected chi connectivity index (χ2v) is 5.84. The number of alkyl halides is 2. The van der Waals surface area contributed by atoms with Crippen molar-refractivity contribution in [2.75, 3.05) is 19.7 Å². The maximum Gasteiger partial charge on any atom is 0.154 e. The van der Waals surface area contributed by atoms with Gasteiger partial charge in [-0.2, -0.15) is 0 Å². The fourth-order valence-electron chi connectivity index (χ4n) is 1.60. The van der Waals surface area contributed by atoms with E-state index in [4.69, 9.17) is 16.3 Å². The van der Waals surface area contributed by atoms with Crippen LogP contribution in [-0.2, 0) is 4.74 Å². The Hall–Kier alpha value is 0.690. The Kier molecular flexibility index (Phi) is 5.75. The summed E-state index contributed by atoms with van der Waals surface area (Å²) in [5.74, 6) is 0. The molecule has 0 aromatic carbocycles. The van der Waals surface area contributed by atoms with Crippen LogP contribution in [0.25, 0.3) is 0 Å². The molecule has 0 radical (unpaired) electrons. The van der Waals surface area contributed by atoms with Crippen LogP contribution < -0.4 is 5.32 Å². The smallest absolute Gasteiger partial charge is 0.154 e. The van der Waals surface area contributed by atoms with Gasteiger partial charge in [0, 0.05) is 11.4 Å². The highest BCUT2D eigenvalue weighted by Crippen LogP contribution is 2.26. The lowest BCUT2D eigenvalue weighted by Gasteiger charge is -2.32. The molecule has 0 aromatic rings. The Bertz CT molecular complexity index is 162. The first-order valence-electron chi connectivity index (χ1n) is 5.34. The van der Waals surface area contributed by atoms with E-state index >= 15 is 0 Å². The standard InChI is InChI=1S/C10H19BrClNO/c1-2-4-9(11)7-14-10(12)5-3-6-13-8-10/h9,13H,2-8H2,1H3/t9?,10-/m0/s1. The van der Waals surface area contributed by atoms with E-state index < -0.39 is 5.06 Å². The average molecular weight is 285 g/mol. The van der Waals surface area contributed by atoms with Crippen LogP contribution in [0, 0.1) is 0 Å². The Morgan fingerprint density at radius 2 is 2.43 bits per heavy atom. The van der Waals surface area contributed by atoms with Crippen LogP contribution in [0.2, 0.25) is 0 Å². The van der Waals surface area contributed by atoms with Gasteiger partial charge in [0.05, 0.1) is 6.61 Å². The zero-order valence-electron chi connectivity index (χ0n) is 8.69. The molecule has 2 atom stereocenters. The van der Waals surface area contributed by atoms with E-state index in [0.29, 0.717) is 11.4 Å². The van der Waals surface area contributed by atoms with Crippen molar-refractivity contribution < 1.29 is 4.74 Å². The maximum absolute atomic E-state index is 6.31. The van der Waals surface area contributed by atoms with Gasteiger partial charge in [-0.15, -0.1) is 0 Å². The van der Waals surface area contributed by atoms with E-state index in [1.54, 1.807) is 0 Å². The van der Waals surface area contributed by atoms with Gasteiger partial charge in [0.25, 0.3) is 0 Å². The van der Waals surface area contributed by atoms with Crippen molar-refractivity contribution in [1.82, 2.24) is 5.32 Å². The number of piperidine rings is 1. The van der Waals surface area contributed by atoms with Gasteiger partial charge in [-0.3, -0.25) is 0 Å². The Morgan fingerprint density at radius 3 is 3.00 bits per heavy atom. The normalized spacial score (nSPS) is 30.2. The lowest BCUT2D eigenvalue weighted by molar-refractivity contribution is 0.00402. The quantitative estimate of drug-likeness (QED) is 0.784. The third kappa shape index (κ3) is 4.47. The van der Waals surface area contributed by atoms with Gasteiger partial charge < -0.3 is 10.1 Å². The molecule has 1 aliphatic rings. The van der Waals surface area contributed by atoms with Gasteiger partial charge in [-0.1, -0.05) is 40.9 Å². The SMILES string of the molecule is CCCC(Br)CO[C@@]1(Cl)CCCNC1. The van der Waals surface area contributed by atoms with Gasteiger partial charge in [0.15, 0.2) is 5.06 Å². The molecular weight excluding hydrogens is 265 g/mol. The highest BCUT2D eigenvalue weighted by atomic mass is 79.9. The van der Waals surface area contributed by atoms with Gasteiger partial charge in [-0.05, 0) is 25.8 Å². The monoisotopic (exact) mass is 283 g/mol. The fraction of sp³-hybridized carbons (Fsp3) is 1.00. The second kappa shape index (κ2) is 6.31. The Labute approximate surface area is 99.9 Å². The minimum atomic E-state index is -0.460. The summed E-state index contributed by atoms with van der Waals surface area (Å²) in [6.07, 6.45) is 4.37. The molecular formula is C10H19BrClNO. The van der Waals surface area contributed by atoms with Crippen molar-refractivity contribution in [2.24, 2.45) is 0 Å². The van der Waals surface area contributed by atoms with E-state index in [-0.39, 0.29) is 0 Å². The highest BCUT2D eigenvalue weighted by Gasteiger charge is 2.30. The molecule has 14 heavy (non-hydrogen) atoms. The summed E-state index contributed by atoms with van der Waals surface area (Å²) in [7, 11) is 0. The second-order valence-electron chi connectivity index (χ2n) is 3.86. The number of halogens is 2. The largest absolute Gasteiger partial charge is 0.357 e. The van der Waals surface area contributed by atoms with Crippen molar-refractivity contribution in [1.29, 1.82) is 0 Å². The number of rotatable bonds is 5. The zero-order chi connectivity index (χ0) is 10.4. The molecule has 0 aliphatic carbocycles. The first kappa shape index (κ1) is 12.8. The van der Waals surface area contributed by atoms with Gasteiger partial charge in [0.1, 0.15) is 0 Å². The molecule has 1 rings (SSSR count). The third-order valence-corrected chi connectivity index (χ3v) is 3.57. The summed E-state index contributed by atoms with van der Waals surface area (Å²) in [6, 6.07) is 0. The van der Waals surface area contributed by atoms with E-state index in [1.165, 1.54) is 6.42 Å². The summed E-state index contributed by atoms with van der Waals surface area (Å²) in [5.41, 5.74) is 0. The van der Waals surface area contributed by atoms with Crippen LogP contribution in [0.3, 0.4) is 0 Å². The molecule has 1 heterocycles. The van der Waals surface area contributed by atoms with Crippen molar-refractivity contribution in [3.63, 3.8) is 0 Å².